The SMILES string of the molecule is CCCCCCCCCCCCCCCSCC=C=CCCCC(=O)OC. The molecular weight excluding hydrogens is 352 g/mol. The molecule has 0 heterocycles. The first kappa shape index (κ1) is 26.3. The van der Waals surface area contributed by atoms with E-state index < -0.39 is 0 Å². The van der Waals surface area contributed by atoms with Gasteiger partial charge in [-0.1, -0.05) is 84.0 Å². The monoisotopic (exact) mass is 396 g/mol. The van der Waals surface area contributed by atoms with Crippen LogP contribution in [0, 0.1) is 0 Å². The Bertz CT molecular complexity index is 373. The lowest BCUT2D eigenvalue weighted by atomic mass is 10.1. The minimum absolute atomic E-state index is 0.124. The summed E-state index contributed by atoms with van der Waals surface area (Å²) in [6.45, 7) is 2.28. The molecule has 0 amide bonds. The molecule has 0 unspecified atom stereocenters. The molecule has 158 valence electrons. The third-order valence-electron chi connectivity index (χ3n) is 4.79. The van der Waals surface area contributed by atoms with Crippen LogP contribution in [0.3, 0.4) is 0 Å². The van der Waals surface area contributed by atoms with E-state index in [0.717, 1.165) is 18.6 Å². The summed E-state index contributed by atoms with van der Waals surface area (Å²) in [5.74, 6) is 2.19. The predicted molar refractivity (Wildman–Crippen MR) is 122 cm³/mol. The number of methoxy groups -OCH3 is 1. The first-order chi connectivity index (χ1) is 13.3. The Labute approximate surface area is 173 Å². The summed E-state index contributed by atoms with van der Waals surface area (Å²) < 4.78 is 4.61. The number of esters is 1. The molecule has 0 rings (SSSR count). The number of unbranched alkanes of at least 4 members (excludes halogenated alkanes) is 13. The smallest absolute Gasteiger partial charge is 0.305 e. The van der Waals surface area contributed by atoms with E-state index >= 15 is 0 Å². The molecule has 0 aromatic carbocycles. The zero-order chi connectivity index (χ0) is 19.8. The van der Waals surface area contributed by atoms with Crippen LogP contribution in [0.5, 0.6) is 0 Å². The number of rotatable bonds is 20. The van der Waals surface area contributed by atoms with Gasteiger partial charge in [-0.05, 0) is 37.2 Å². The molecule has 0 bridgehead atoms. The summed E-state index contributed by atoms with van der Waals surface area (Å²) in [5, 5.41) is 0. The summed E-state index contributed by atoms with van der Waals surface area (Å²) in [7, 11) is 1.44. The number of carbonyl (C=O) groups is 1. The predicted octanol–water partition coefficient (Wildman–Crippen LogP) is 7.87. The lowest BCUT2D eigenvalue weighted by Gasteiger charge is -2.03. The van der Waals surface area contributed by atoms with Crippen LogP contribution in [-0.2, 0) is 9.53 Å². The van der Waals surface area contributed by atoms with Crippen molar-refractivity contribution in [3.05, 3.63) is 17.9 Å². The van der Waals surface area contributed by atoms with Gasteiger partial charge >= 0.3 is 5.97 Å². The Kier molecular flexibility index (Phi) is 22.8. The number of thioether (sulfide) groups is 1. The first-order valence-corrected chi connectivity index (χ1v) is 12.5. The van der Waals surface area contributed by atoms with Gasteiger partial charge < -0.3 is 4.74 Å². The van der Waals surface area contributed by atoms with Crippen molar-refractivity contribution in [1.29, 1.82) is 0 Å². The Morgan fingerprint density at radius 2 is 1.37 bits per heavy atom. The highest BCUT2D eigenvalue weighted by molar-refractivity contribution is 7.99. The average Bonchev–Trinajstić information content (AvgIpc) is 2.68. The van der Waals surface area contributed by atoms with E-state index in [0.29, 0.717) is 6.42 Å². The van der Waals surface area contributed by atoms with Crippen molar-refractivity contribution in [2.75, 3.05) is 18.6 Å². The molecule has 0 aromatic rings. The lowest BCUT2D eigenvalue weighted by Crippen LogP contribution is -1.98. The fourth-order valence-electron chi connectivity index (χ4n) is 3.03. The summed E-state index contributed by atoms with van der Waals surface area (Å²) in [5.41, 5.74) is 3.20. The molecule has 0 aliphatic heterocycles. The van der Waals surface area contributed by atoms with Gasteiger partial charge in [0.15, 0.2) is 0 Å². The highest BCUT2D eigenvalue weighted by atomic mass is 32.2. The van der Waals surface area contributed by atoms with E-state index in [1.165, 1.54) is 96.3 Å². The molecule has 0 aliphatic rings. The van der Waals surface area contributed by atoms with E-state index in [-0.39, 0.29) is 5.97 Å². The van der Waals surface area contributed by atoms with Gasteiger partial charge in [-0.2, -0.15) is 11.8 Å². The third kappa shape index (κ3) is 23.3. The molecule has 0 spiro atoms. The van der Waals surface area contributed by atoms with E-state index in [1.54, 1.807) is 0 Å². The molecular formula is C24H44O2S. The quantitative estimate of drug-likeness (QED) is 0.119. The van der Waals surface area contributed by atoms with Gasteiger partial charge in [-0.15, -0.1) is 5.73 Å². The molecule has 0 radical (unpaired) electrons. The van der Waals surface area contributed by atoms with Crippen LogP contribution < -0.4 is 0 Å². The van der Waals surface area contributed by atoms with Crippen LogP contribution in [0.2, 0.25) is 0 Å². The first-order valence-electron chi connectivity index (χ1n) is 11.3. The lowest BCUT2D eigenvalue weighted by molar-refractivity contribution is -0.140. The number of hydrogen-bond acceptors (Lipinski definition) is 3. The molecule has 3 heteroatoms. The molecule has 0 fully saturated rings. The summed E-state index contributed by atoms with van der Waals surface area (Å²) in [6.07, 6.45) is 24.8. The van der Waals surface area contributed by atoms with Gasteiger partial charge in [0.05, 0.1) is 7.11 Å². The fourth-order valence-corrected chi connectivity index (χ4v) is 3.82. The fraction of sp³-hybridized carbons (Fsp3) is 0.833. The Morgan fingerprint density at radius 1 is 0.815 bits per heavy atom. The maximum atomic E-state index is 10.9. The van der Waals surface area contributed by atoms with Crippen molar-refractivity contribution in [2.24, 2.45) is 0 Å². The van der Waals surface area contributed by atoms with E-state index in [2.05, 4.69) is 23.5 Å². The van der Waals surface area contributed by atoms with Crippen LogP contribution in [0.15, 0.2) is 17.9 Å². The van der Waals surface area contributed by atoms with Gasteiger partial charge in [-0.3, -0.25) is 4.79 Å². The molecule has 0 aromatic heterocycles. The Morgan fingerprint density at radius 3 is 1.93 bits per heavy atom. The zero-order valence-electron chi connectivity index (χ0n) is 18.1. The molecule has 0 aliphatic carbocycles. The maximum absolute atomic E-state index is 10.9. The highest BCUT2D eigenvalue weighted by Gasteiger charge is 1.96. The summed E-state index contributed by atoms with van der Waals surface area (Å²) in [4.78, 5) is 10.9. The minimum atomic E-state index is -0.124. The Hall–Kier alpha value is -0.660. The van der Waals surface area contributed by atoms with E-state index in [1.807, 2.05) is 17.8 Å². The summed E-state index contributed by atoms with van der Waals surface area (Å²) >= 11 is 2.00. The summed E-state index contributed by atoms with van der Waals surface area (Å²) in [6, 6.07) is 0. The molecule has 0 atom stereocenters. The van der Waals surface area contributed by atoms with Crippen LogP contribution >= 0.6 is 11.8 Å². The average molecular weight is 397 g/mol. The number of ether oxygens (including phenoxy) is 1. The van der Waals surface area contributed by atoms with Gasteiger partial charge in [0.2, 0.25) is 0 Å². The number of carbonyl (C=O) groups excluding carboxylic acids is 1. The molecule has 0 N–H and O–H groups in total. The molecule has 27 heavy (non-hydrogen) atoms. The highest BCUT2D eigenvalue weighted by Crippen LogP contribution is 2.13. The van der Waals surface area contributed by atoms with Crippen LogP contribution in [0.25, 0.3) is 0 Å². The van der Waals surface area contributed by atoms with Crippen molar-refractivity contribution in [1.82, 2.24) is 0 Å². The molecule has 0 saturated heterocycles. The standard InChI is InChI=1S/C24H44O2S/c1-3-4-5-6-7-8-9-10-11-12-13-16-19-22-27-23-20-17-14-15-18-21-24(25)26-2/h14,20H,3-13,15-16,18-19,21-23H2,1-2H3. The number of hydrogen-bond donors (Lipinski definition) is 0. The largest absolute Gasteiger partial charge is 0.469 e. The maximum Gasteiger partial charge on any atom is 0.305 e. The Balaban J connectivity index is 3.16. The van der Waals surface area contributed by atoms with Crippen LogP contribution in [-0.4, -0.2) is 24.6 Å². The van der Waals surface area contributed by atoms with Crippen molar-refractivity contribution in [3.8, 4) is 0 Å². The van der Waals surface area contributed by atoms with E-state index in [4.69, 9.17) is 0 Å². The minimum Gasteiger partial charge on any atom is -0.469 e. The second kappa shape index (κ2) is 23.4. The third-order valence-corrected chi connectivity index (χ3v) is 5.77. The molecule has 2 nitrogen and oxygen atoms in total. The van der Waals surface area contributed by atoms with Crippen molar-refractivity contribution >= 4 is 17.7 Å². The van der Waals surface area contributed by atoms with Crippen LogP contribution in [0.4, 0.5) is 0 Å². The second-order valence-corrected chi connectivity index (χ2v) is 8.51. The molecule has 0 saturated carbocycles. The zero-order valence-corrected chi connectivity index (χ0v) is 18.9. The topological polar surface area (TPSA) is 26.3 Å². The van der Waals surface area contributed by atoms with Crippen LogP contribution in [0.1, 0.15) is 110 Å². The van der Waals surface area contributed by atoms with Gasteiger partial charge in [0.25, 0.3) is 0 Å². The second-order valence-electron chi connectivity index (χ2n) is 7.36. The van der Waals surface area contributed by atoms with E-state index in [9.17, 15) is 4.79 Å². The van der Waals surface area contributed by atoms with Gasteiger partial charge in [0.1, 0.15) is 0 Å². The van der Waals surface area contributed by atoms with Gasteiger partial charge in [-0.25, -0.2) is 0 Å². The van der Waals surface area contributed by atoms with Gasteiger partial charge in [0, 0.05) is 12.2 Å². The normalized spacial score (nSPS) is 10.4. The van der Waals surface area contributed by atoms with Crippen molar-refractivity contribution in [2.45, 2.75) is 110 Å². The van der Waals surface area contributed by atoms with Crippen molar-refractivity contribution in [3.63, 3.8) is 0 Å². The van der Waals surface area contributed by atoms with Crippen molar-refractivity contribution < 1.29 is 9.53 Å².